The fraction of sp³-hybridized carbons (Fsp3) is 0.368. The molecule has 32 heavy (non-hydrogen) atoms. The summed E-state index contributed by atoms with van der Waals surface area (Å²) in [6.45, 7) is -0.285. The summed E-state index contributed by atoms with van der Waals surface area (Å²) in [6, 6.07) is 4.18. The summed E-state index contributed by atoms with van der Waals surface area (Å²) in [4.78, 5) is -0.391. The average Bonchev–Trinajstić information content (AvgIpc) is 3.17. The molecule has 1 unspecified atom stereocenters. The second-order valence-corrected chi connectivity index (χ2v) is 9.49. The normalized spacial score (nSPS) is 20.5. The molecule has 1 aliphatic heterocycles. The number of rotatable bonds is 4. The number of alkyl halides is 7. The van der Waals surface area contributed by atoms with Crippen LogP contribution in [-0.2, 0) is 20.3 Å². The number of hydrogen-bond donors (Lipinski definition) is 1. The van der Waals surface area contributed by atoms with Gasteiger partial charge in [-0.05, 0) is 48.9 Å². The minimum atomic E-state index is -6.53. The van der Waals surface area contributed by atoms with Gasteiger partial charge in [-0.15, -0.1) is 0 Å². The van der Waals surface area contributed by atoms with Gasteiger partial charge in [-0.2, -0.15) is 26.3 Å². The van der Waals surface area contributed by atoms with Crippen molar-refractivity contribution in [1.29, 1.82) is 0 Å². The molecule has 3 rings (SSSR count). The van der Waals surface area contributed by atoms with Gasteiger partial charge in [-0.1, -0.05) is 12.1 Å². The monoisotopic (exact) mass is 491 g/mol. The van der Waals surface area contributed by atoms with Gasteiger partial charge in [0.25, 0.3) is 0 Å². The van der Waals surface area contributed by atoms with E-state index in [9.17, 15) is 47.9 Å². The first kappa shape index (κ1) is 24.4. The zero-order valence-electron chi connectivity index (χ0n) is 15.8. The molecule has 2 aromatic rings. The molecule has 1 saturated heterocycles. The summed E-state index contributed by atoms with van der Waals surface area (Å²) in [5, 5.41) is 2.70. The van der Waals surface area contributed by atoms with Crippen LogP contribution in [0.3, 0.4) is 0 Å². The van der Waals surface area contributed by atoms with Crippen molar-refractivity contribution >= 4 is 9.84 Å². The predicted molar refractivity (Wildman–Crippen MR) is 94.0 cm³/mol. The number of halogens is 9. The Morgan fingerprint density at radius 1 is 0.844 bits per heavy atom. The Hall–Kier alpha value is -2.28. The first-order valence-corrected chi connectivity index (χ1v) is 10.4. The van der Waals surface area contributed by atoms with Crippen LogP contribution in [0.15, 0.2) is 47.4 Å². The summed E-state index contributed by atoms with van der Waals surface area (Å²) in [5.41, 5.74) is -8.80. The molecule has 1 atom stereocenters. The van der Waals surface area contributed by atoms with E-state index >= 15 is 0 Å². The number of sulfone groups is 1. The van der Waals surface area contributed by atoms with Crippen molar-refractivity contribution in [3.05, 3.63) is 65.2 Å². The zero-order chi connectivity index (χ0) is 24.2. The van der Waals surface area contributed by atoms with E-state index in [4.69, 9.17) is 0 Å². The van der Waals surface area contributed by atoms with Crippen LogP contribution in [0.5, 0.6) is 0 Å². The minimum Gasteiger partial charge on any atom is -0.315 e. The molecule has 1 N–H and O–H groups in total. The molecular formula is C19H14F9NO2S. The lowest BCUT2D eigenvalue weighted by atomic mass is 9.89. The number of nitrogens with one attached hydrogen (secondary N) is 1. The van der Waals surface area contributed by atoms with Crippen molar-refractivity contribution < 1.29 is 47.9 Å². The lowest BCUT2D eigenvalue weighted by Gasteiger charge is -2.32. The highest BCUT2D eigenvalue weighted by Crippen LogP contribution is 2.54. The second kappa shape index (κ2) is 7.65. The highest BCUT2D eigenvalue weighted by molar-refractivity contribution is 7.92. The van der Waals surface area contributed by atoms with E-state index in [0.29, 0.717) is 6.07 Å². The van der Waals surface area contributed by atoms with E-state index < -0.39 is 60.3 Å². The molecule has 1 heterocycles. The van der Waals surface area contributed by atoms with Gasteiger partial charge >= 0.3 is 18.0 Å². The van der Waals surface area contributed by atoms with Gasteiger partial charge in [0.1, 0.15) is 16.4 Å². The van der Waals surface area contributed by atoms with Gasteiger partial charge in [-0.25, -0.2) is 21.6 Å². The SMILES string of the molecule is O=S(=O)(c1ccc(F)cc1)C1(c2ccc(C(F)(C(F)(F)F)C(F)(F)F)c(F)c2)CCNC1. The van der Waals surface area contributed by atoms with Crippen molar-refractivity contribution in [2.75, 3.05) is 13.1 Å². The molecule has 1 aliphatic rings. The second-order valence-electron chi connectivity index (χ2n) is 7.23. The molecule has 0 bridgehead atoms. The Morgan fingerprint density at radius 2 is 1.41 bits per heavy atom. The maximum absolute atomic E-state index is 14.6. The van der Waals surface area contributed by atoms with Crippen LogP contribution in [0, 0.1) is 11.6 Å². The number of benzene rings is 2. The lowest BCUT2D eigenvalue weighted by Crippen LogP contribution is -2.51. The van der Waals surface area contributed by atoms with Crippen LogP contribution in [0.1, 0.15) is 17.5 Å². The van der Waals surface area contributed by atoms with Crippen molar-refractivity contribution in [3.63, 3.8) is 0 Å². The van der Waals surface area contributed by atoms with Gasteiger partial charge in [0.05, 0.1) is 4.90 Å². The summed E-state index contributed by atoms with van der Waals surface area (Å²) in [5.74, 6) is -2.96. The first-order chi connectivity index (χ1) is 14.6. The topological polar surface area (TPSA) is 46.2 Å². The Morgan fingerprint density at radius 3 is 1.84 bits per heavy atom. The fourth-order valence-electron chi connectivity index (χ4n) is 3.68. The zero-order valence-corrected chi connectivity index (χ0v) is 16.6. The van der Waals surface area contributed by atoms with Crippen LogP contribution in [0.2, 0.25) is 0 Å². The molecule has 0 amide bonds. The van der Waals surface area contributed by atoms with E-state index in [-0.39, 0.29) is 31.6 Å². The summed E-state index contributed by atoms with van der Waals surface area (Å²) < 4.78 is 145. The molecule has 0 saturated carbocycles. The van der Waals surface area contributed by atoms with Crippen LogP contribution in [0.25, 0.3) is 0 Å². The van der Waals surface area contributed by atoms with Crippen molar-refractivity contribution in [2.24, 2.45) is 0 Å². The van der Waals surface area contributed by atoms with Gasteiger partial charge in [0, 0.05) is 12.1 Å². The van der Waals surface area contributed by atoms with E-state index in [0.717, 1.165) is 24.3 Å². The van der Waals surface area contributed by atoms with E-state index in [1.54, 1.807) is 0 Å². The van der Waals surface area contributed by atoms with E-state index in [2.05, 4.69) is 5.32 Å². The van der Waals surface area contributed by atoms with Crippen LogP contribution in [-0.4, -0.2) is 33.9 Å². The predicted octanol–water partition coefficient (Wildman–Crippen LogP) is 4.92. The molecule has 176 valence electrons. The standard InChI is InChI=1S/C19H14F9NO2S/c20-12-2-4-13(5-3-12)32(30,31)16(7-8-29-10-16)11-1-6-14(15(21)9-11)17(22,18(23,24)25)19(26,27)28/h1-6,9,29H,7-8,10H2. The Labute approximate surface area is 176 Å². The summed E-state index contributed by atoms with van der Waals surface area (Å²) in [7, 11) is -4.43. The number of hydrogen-bond acceptors (Lipinski definition) is 3. The molecule has 0 aliphatic carbocycles. The molecule has 13 heteroatoms. The molecular weight excluding hydrogens is 477 g/mol. The molecule has 0 spiro atoms. The van der Waals surface area contributed by atoms with Crippen LogP contribution >= 0.6 is 0 Å². The minimum absolute atomic E-state index is 0.0497. The summed E-state index contributed by atoms with van der Waals surface area (Å²) >= 11 is 0. The van der Waals surface area contributed by atoms with E-state index in [1.807, 2.05) is 0 Å². The highest BCUT2D eigenvalue weighted by atomic mass is 32.2. The van der Waals surface area contributed by atoms with Crippen LogP contribution < -0.4 is 5.32 Å². The van der Waals surface area contributed by atoms with Gasteiger partial charge in [-0.3, -0.25) is 0 Å². The first-order valence-electron chi connectivity index (χ1n) is 8.92. The molecule has 1 fully saturated rings. The van der Waals surface area contributed by atoms with E-state index in [1.165, 1.54) is 0 Å². The van der Waals surface area contributed by atoms with Crippen LogP contribution in [0.4, 0.5) is 39.5 Å². The Bertz CT molecular complexity index is 1090. The largest absolute Gasteiger partial charge is 0.436 e. The van der Waals surface area contributed by atoms with Crippen molar-refractivity contribution in [3.8, 4) is 0 Å². The molecule has 0 radical (unpaired) electrons. The third-order valence-electron chi connectivity index (χ3n) is 5.40. The molecule has 0 aromatic heterocycles. The van der Waals surface area contributed by atoms with Gasteiger partial charge in [0.2, 0.25) is 0 Å². The fourth-order valence-corrected chi connectivity index (χ4v) is 5.73. The molecule has 2 aromatic carbocycles. The lowest BCUT2D eigenvalue weighted by molar-refractivity contribution is -0.349. The molecule has 3 nitrogen and oxygen atoms in total. The Kier molecular flexibility index (Phi) is 5.82. The Balaban J connectivity index is 2.19. The maximum Gasteiger partial charge on any atom is 0.436 e. The maximum atomic E-state index is 14.6. The van der Waals surface area contributed by atoms with Gasteiger partial charge < -0.3 is 5.32 Å². The highest BCUT2D eigenvalue weighted by Gasteiger charge is 2.74. The smallest absolute Gasteiger partial charge is 0.315 e. The average molecular weight is 491 g/mol. The summed E-state index contributed by atoms with van der Waals surface area (Å²) in [6.07, 6.45) is -13.3. The third kappa shape index (κ3) is 3.54. The third-order valence-corrected chi connectivity index (χ3v) is 7.91. The van der Waals surface area contributed by atoms with Gasteiger partial charge in [0.15, 0.2) is 9.84 Å². The van der Waals surface area contributed by atoms with Crippen molar-refractivity contribution in [1.82, 2.24) is 5.32 Å². The quantitative estimate of drug-likeness (QED) is 0.488. The van der Waals surface area contributed by atoms with Crippen molar-refractivity contribution in [2.45, 2.75) is 34.1 Å².